The minimum atomic E-state index is -0.936. The zero-order chi connectivity index (χ0) is 33.3. The number of nitrogens with zero attached hydrogens (tertiary/aromatic N) is 2. The Morgan fingerprint density at radius 3 is 2.27 bits per heavy atom. The van der Waals surface area contributed by atoms with Gasteiger partial charge in [-0.2, -0.15) is 0 Å². The summed E-state index contributed by atoms with van der Waals surface area (Å²) >= 11 is 0. The van der Waals surface area contributed by atoms with Gasteiger partial charge in [0.2, 0.25) is 0 Å². The number of likely N-dealkylation sites (N-methyl/N-ethyl adjacent to an activating group) is 1. The summed E-state index contributed by atoms with van der Waals surface area (Å²) in [5.74, 6) is 1.46. The van der Waals surface area contributed by atoms with E-state index < -0.39 is 5.97 Å². The van der Waals surface area contributed by atoms with E-state index in [-0.39, 0.29) is 5.69 Å². The molecule has 0 amide bonds. The van der Waals surface area contributed by atoms with Gasteiger partial charge in [0, 0.05) is 53.8 Å². The molecule has 2 radical (unpaired) electrons. The Kier molecular flexibility index (Phi) is 10.6. The van der Waals surface area contributed by atoms with Crippen LogP contribution < -0.4 is 9.64 Å². The number of anilines is 1. The first kappa shape index (κ1) is 32.7. The largest absolute Gasteiger partial charge is 0.493 e. The number of aromatic nitrogens is 1. The van der Waals surface area contributed by atoms with E-state index >= 15 is 0 Å². The number of hydrogen-bond acceptors (Lipinski definition) is 4. The quantitative estimate of drug-likeness (QED) is 0.124. The summed E-state index contributed by atoms with van der Waals surface area (Å²) in [4.78, 5) is 20.4. The van der Waals surface area contributed by atoms with Crippen LogP contribution in [-0.2, 0) is 6.42 Å². The highest BCUT2D eigenvalue weighted by molar-refractivity contribution is 6.19. The Labute approximate surface area is 283 Å². The van der Waals surface area contributed by atoms with Crippen molar-refractivity contribution in [3.05, 3.63) is 138 Å². The number of carbonyl (C=O) groups is 1. The maximum atomic E-state index is 12.3. The van der Waals surface area contributed by atoms with Crippen molar-refractivity contribution < 1.29 is 14.6 Å². The Bertz CT molecular complexity index is 2010. The molecule has 0 aliphatic carbocycles. The first-order valence-corrected chi connectivity index (χ1v) is 16.5. The van der Waals surface area contributed by atoms with Crippen molar-refractivity contribution in [2.45, 2.75) is 12.8 Å². The smallest absolute Gasteiger partial charge is 0.352 e. The van der Waals surface area contributed by atoms with Crippen LogP contribution in [0.3, 0.4) is 0 Å². The second-order valence-electron chi connectivity index (χ2n) is 12.0. The van der Waals surface area contributed by atoms with E-state index in [2.05, 4.69) is 70.4 Å². The van der Waals surface area contributed by atoms with Crippen LogP contribution in [0.2, 0.25) is 0 Å². The van der Waals surface area contributed by atoms with Crippen LogP contribution in [0, 0.1) is 0 Å². The van der Waals surface area contributed by atoms with Gasteiger partial charge >= 0.3 is 5.97 Å². The number of hydrogen-bond donors (Lipinski definition) is 2. The number of fused-ring (bicyclic) bond motifs is 2. The van der Waals surface area contributed by atoms with Gasteiger partial charge in [-0.25, -0.2) is 4.79 Å². The van der Waals surface area contributed by atoms with Crippen LogP contribution >= 0.6 is 0 Å². The van der Waals surface area contributed by atoms with Crippen LogP contribution in [0.25, 0.3) is 38.9 Å². The molecule has 0 saturated carbocycles. The molecule has 2 heterocycles. The molecule has 240 valence electrons. The van der Waals surface area contributed by atoms with Gasteiger partial charge in [-0.1, -0.05) is 109 Å². The molecule has 6 nitrogen and oxygen atoms in total. The molecule has 6 aromatic rings. The van der Waals surface area contributed by atoms with Gasteiger partial charge in [-0.3, -0.25) is 0 Å². The van der Waals surface area contributed by atoms with Crippen LogP contribution in [-0.4, -0.2) is 68.6 Å². The molecule has 7 heteroatoms. The van der Waals surface area contributed by atoms with Crippen molar-refractivity contribution >= 4 is 47.3 Å². The van der Waals surface area contributed by atoms with Gasteiger partial charge in [0.05, 0.1) is 12.1 Å². The highest BCUT2D eigenvalue weighted by Gasteiger charge is 2.22. The van der Waals surface area contributed by atoms with Crippen molar-refractivity contribution in [2.75, 3.05) is 44.7 Å². The lowest BCUT2D eigenvalue weighted by Crippen LogP contribution is -2.44. The van der Waals surface area contributed by atoms with Crippen LogP contribution in [0.4, 0.5) is 5.69 Å². The van der Waals surface area contributed by atoms with Gasteiger partial charge in [0.25, 0.3) is 0 Å². The fourth-order valence-electron chi connectivity index (χ4n) is 6.39. The number of nitrogens with one attached hydrogen (secondary N) is 1. The van der Waals surface area contributed by atoms with Gasteiger partial charge < -0.3 is 24.6 Å². The zero-order valence-electron chi connectivity index (χ0n) is 27.3. The Morgan fingerprint density at radius 1 is 0.812 bits per heavy atom. The second-order valence-corrected chi connectivity index (χ2v) is 12.0. The van der Waals surface area contributed by atoms with Gasteiger partial charge in [-0.05, 0) is 48.5 Å². The van der Waals surface area contributed by atoms with Crippen molar-refractivity contribution in [1.29, 1.82) is 0 Å². The minimum Gasteiger partial charge on any atom is -0.493 e. The molecular formula is C41H40BN3O3. The van der Waals surface area contributed by atoms with Gasteiger partial charge in [0.1, 0.15) is 19.3 Å². The third-order valence-corrected chi connectivity index (χ3v) is 8.86. The molecule has 0 unspecified atom stereocenters. The van der Waals surface area contributed by atoms with Crippen LogP contribution in [0.15, 0.2) is 121 Å². The van der Waals surface area contributed by atoms with Crippen molar-refractivity contribution in [3.63, 3.8) is 0 Å². The number of para-hydroxylation sites is 2. The number of H-pyrrole nitrogens is 1. The highest BCUT2D eigenvalue weighted by Crippen LogP contribution is 2.38. The summed E-state index contributed by atoms with van der Waals surface area (Å²) < 4.78 is 6.15. The number of benzene rings is 5. The lowest BCUT2D eigenvalue weighted by atomic mass is 9.98. The van der Waals surface area contributed by atoms with Gasteiger partial charge in [0.15, 0.2) is 0 Å². The molecule has 0 bridgehead atoms. The summed E-state index contributed by atoms with van der Waals surface area (Å²) in [5, 5.41) is 13.3. The number of ether oxygens (including phenoxy) is 1. The Hall–Kier alpha value is -5.27. The van der Waals surface area contributed by atoms with E-state index in [1.165, 1.54) is 11.7 Å². The molecule has 48 heavy (non-hydrogen) atoms. The number of aromatic amines is 1. The third-order valence-electron chi connectivity index (χ3n) is 8.86. The summed E-state index contributed by atoms with van der Waals surface area (Å²) in [6.45, 7) is 4.49. The molecule has 2 N–H and O–H groups in total. The van der Waals surface area contributed by atoms with Crippen molar-refractivity contribution in [2.24, 2.45) is 0 Å². The lowest BCUT2D eigenvalue weighted by molar-refractivity contribution is 0.0690. The molecule has 1 aliphatic rings. The summed E-state index contributed by atoms with van der Waals surface area (Å²) in [7, 11) is 7.34. The van der Waals surface area contributed by atoms with E-state index in [0.29, 0.717) is 19.4 Å². The molecule has 7 rings (SSSR count). The average molecular weight is 634 g/mol. The number of carboxylic acids is 1. The van der Waals surface area contributed by atoms with E-state index in [0.717, 1.165) is 75.9 Å². The normalized spacial score (nSPS) is 13.5. The molecule has 0 spiro atoms. The van der Waals surface area contributed by atoms with Crippen molar-refractivity contribution in [1.82, 2.24) is 9.88 Å². The second kappa shape index (κ2) is 15.5. The van der Waals surface area contributed by atoms with Crippen LogP contribution in [0.5, 0.6) is 5.75 Å². The predicted octanol–water partition coefficient (Wildman–Crippen LogP) is 8.28. The van der Waals surface area contributed by atoms with E-state index in [1.54, 1.807) is 0 Å². The van der Waals surface area contributed by atoms with E-state index in [9.17, 15) is 9.90 Å². The van der Waals surface area contributed by atoms with Crippen LogP contribution in [0.1, 0.15) is 28.0 Å². The fourth-order valence-corrected chi connectivity index (χ4v) is 6.39. The summed E-state index contributed by atoms with van der Waals surface area (Å²) in [5.41, 5.74) is 6.45. The maximum Gasteiger partial charge on any atom is 0.352 e. The molecule has 1 aromatic heterocycles. The van der Waals surface area contributed by atoms with Crippen molar-refractivity contribution in [3.8, 4) is 16.9 Å². The summed E-state index contributed by atoms with van der Waals surface area (Å²) in [6.07, 6.45) is 3.18. The minimum absolute atomic E-state index is 0.264. The van der Waals surface area contributed by atoms with Gasteiger partial charge in [-0.15, -0.1) is 5.98 Å². The molecular weight excluding hydrogens is 593 g/mol. The number of aryl methyl sites for hydroxylation is 1. The lowest BCUT2D eigenvalue weighted by Gasteiger charge is -2.35. The van der Waals surface area contributed by atoms with E-state index in [1.807, 2.05) is 72.8 Å². The average Bonchev–Trinajstić information content (AvgIpc) is 3.51. The zero-order valence-corrected chi connectivity index (χ0v) is 27.3. The topological polar surface area (TPSA) is 68.8 Å². The highest BCUT2D eigenvalue weighted by atomic mass is 16.5. The van der Waals surface area contributed by atoms with E-state index in [4.69, 9.17) is 12.6 Å². The Morgan fingerprint density at radius 2 is 1.48 bits per heavy atom. The molecule has 1 fully saturated rings. The SMILES string of the molecule is CN1CCN(c2ccccc2-c2cccc3c(CCCOc4cccc5ccccc45)c(C(=O)O)[nH]c23)CC1.[B]/C=C/c1ccccc1. The third kappa shape index (κ3) is 7.48. The monoisotopic (exact) mass is 633 g/mol. The first-order chi connectivity index (χ1) is 23.5. The molecule has 5 aromatic carbocycles. The molecule has 0 atom stereocenters. The fraction of sp³-hybridized carbons (Fsp3) is 0.195. The number of carboxylic acid groups (broad SMARTS) is 1. The number of aromatic carboxylic acids is 1. The Balaban J connectivity index is 0.000000388. The number of rotatable bonds is 9. The first-order valence-electron chi connectivity index (χ1n) is 16.5. The summed E-state index contributed by atoms with van der Waals surface area (Å²) in [6, 6.07) is 38.8. The number of piperazine rings is 1. The standard InChI is InChI=1S/C33H33N3O3.C8H7B/c1-35-18-20-36(21-19-35)29-16-5-4-12-25(29)26-13-7-14-27-28(32(33(37)38)34-31(26)27)15-8-22-39-30-17-6-10-23-9-2-3-11-24(23)30;9-7-6-8-4-2-1-3-5-8/h2-7,9-14,16-17,34H,8,15,18-22H2,1H3,(H,37,38);1-7H/b;7-6+. The predicted molar refractivity (Wildman–Crippen MR) is 199 cm³/mol. The molecule has 1 saturated heterocycles. The maximum absolute atomic E-state index is 12.3. The molecule has 1 aliphatic heterocycles.